The molecule has 0 saturated carbocycles. The van der Waals surface area contributed by atoms with Gasteiger partial charge in [-0.1, -0.05) is 0 Å². The first kappa shape index (κ1) is 4.18. The first-order chi connectivity index (χ1) is 3.47. The Morgan fingerprint density at radius 2 is 2.71 bits per heavy atom. The average Bonchev–Trinajstić information content (AvgIpc) is 2.41. The van der Waals surface area contributed by atoms with Gasteiger partial charge in [0, 0.05) is 18.1 Å². The van der Waals surface area contributed by atoms with Gasteiger partial charge in [0.2, 0.25) is 0 Å². The van der Waals surface area contributed by atoms with Crippen molar-refractivity contribution in [2.45, 2.75) is 6.23 Å². The highest BCUT2D eigenvalue weighted by molar-refractivity contribution is 7.99. The van der Waals surface area contributed by atoms with Crippen molar-refractivity contribution >= 4 is 11.8 Å². The molecule has 0 aliphatic carbocycles. The maximum absolute atomic E-state index is 5.09. The normalized spacial score (nSPS) is 48.0. The van der Waals surface area contributed by atoms with Gasteiger partial charge in [0.05, 0.1) is 0 Å². The van der Waals surface area contributed by atoms with Crippen LogP contribution in [0.2, 0.25) is 0 Å². The summed E-state index contributed by atoms with van der Waals surface area (Å²) >= 11 is 1.98. The zero-order valence-electron chi connectivity index (χ0n) is 3.96. The molecule has 40 valence electrons. The third-order valence-electron chi connectivity index (χ3n) is 1.25. The molecule has 7 heavy (non-hydrogen) atoms. The fourth-order valence-corrected chi connectivity index (χ4v) is 1.68. The van der Waals surface area contributed by atoms with E-state index >= 15 is 0 Å². The molecule has 0 N–H and O–H groups in total. The van der Waals surface area contributed by atoms with Gasteiger partial charge in [0.1, 0.15) is 0 Å². The van der Waals surface area contributed by atoms with Crippen LogP contribution >= 0.6 is 11.8 Å². The summed E-state index contributed by atoms with van der Waals surface area (Å²) in [5.41, 5.74) is 0. The second kappa shape index (κ2) is 1.37. The number of fused-ring (bicyclic) bond motifs is 1. The third-order valence-corrected chi connectivity index (χ3v) is 2.24. The zero-order chi connectivity index (χ0) is 4.69. The first-order valence-electron chi connectivity index (χ1n) is 2.48. The maximum Gasteiger partial charge on any atom is 0.163 e. The molecule has 0 aromatic rings. The molecule has 2 fully saturated rings. The van der Waals surface area contributed by atoms with E-state index in [1.165, 1.54) is 11.5 Å². The van der Waals surface area contributed by atoms with E-state index in [4.69, 9.17) is 4.84 Å². The molecule has 0 bridgehead atoms. The molecule has 2 aliphatic heterocycles. The highest BCUT2D eigenvalue weighted by Crippen LogP contribution is 2.28. The van der Waals surface area contributed by atoms with Crippen LogP contribution in [-0.2, 0) is 4.84 Å². The number of hydroxylamine groups is 2. The molecule has 3 heteroatoms. The number of rotatable bonds is 0. The van der Waals surface area contributed by atoms with Gasteiger partial charge in [0.25, 0.3) is 0 Å². The van der Waals surface area contributed by atoms with Gasteiger partial charge in [-0.25, -0.2) is 0 Å². The van der Waals surface area contributed by atoms with Crippen molar-refractivity contribution in [3.63, 3.8) is 0 Å². The fourth-order valence-electron chi connectivity index (χ4n) is 0.778. The quantitative estimate of drug-likeness (QED) is 0.424. The Morgan fingerprint density at radius 3 is 3.29 bits per heavy atom. The standard InChI is InChI=1S/C4H7NOS/c1-2-7-3-4-5(1)6-4/h4H,1-3H2. The molecule has 0 aromatic heterocycles. The van der Waals surface area contributed by atoms with E-state index in [2.05, 4.69) is 0 Å². The fraction of sp³-hybridized carbons (Fsp3) is 1.00. The Morgan fingerprint density at radius 1 is 1.71 bits per heavy atom. The SMILES string of the molecule is C1CN2OC2CS1. The minimum absolute atomic E-state index is 0.499. The van der Waals surface area contributed by atoms with E-state index in [0.29, 0.717) is 6.23 Å². The summed E-state index contributed by atoms with van der Waals surface area (Å²) in [6, 6.07) is 0. The van der Waals surface area contributed by atoms with Crippen LogP contribution in [-0.4, -0.2) is 29.3 Å². The monoisotopic (exact) mass is 117 g/mol. The van der Waals surface area contributed by atoms with Crippen molar-refractivity contribution in [2.75, 3.05) is 18.1 Å². The summed E-state index contributed by atoms with van der Waals surface area (Å²) in [5.74, 6) is 2.43. The highest BCUT2D eigenvalue weighted by Gasteiger charge is 2.38. The van der Waals surface area contributed by atoms with E-state index in [-0.39, 0.29) is 0 Å². The Bertz CT molecular complexity index is 77.8. The molecule has 2 rings (SSSR count). The first-order valence-corrected chi connectivity index (χ1v) is 3.63. The summed E-state index contributed by atoms with van der Waals surface area (Å²) in [6.45, 7) is 1.13. The van der Waals surface area contributed by atoms with Crippen molar-refractivity contribution < 1.29 is 4.84 Å². The van der Waals surface area contributed by atoms with Crippen LogP contribution in [0.4, 0.5) is 0 Å². The number of nitrogens with zero attached hydrogens (tertiary/aromatic N) is 1. The van der Waals surface area contributed by atoms with Crippen molar-refractivity contribution in [3.8, 4) is 0 Å². The molecular formula is C4H7NOS. The Labute approximate surface area is 46.8 Å². The summed E-state index contributed by atoms with van der Waals surface area (Å²) in [6.07, 6.45) is 0.499. The Hall–Kier alpha value is 0.270. The molecule has 0 aromatic carbocycles. The summed E-state index contributed by atoms with van der Waals surface area (Å²) in [7, 11) is 0. The molecule has 2 aliphatic rings. The lowest BCUT2D eigenvalue weighted by molar-refractivity contribution is 0.210. The van der Waals surface area contributed by atoms with Crippen molar-refractivity contribution in [1.82, 2.24) is 5.06 Å². The largest absolute Gasteiger partial charge is 0.274 e. The van der Waals surface area contributed by atoms with Gasteiger partial charge in [-0.3, -0.25) is 4.84 Å². The molecule has 0 spiro atoms. The molecule has 2 saturated heterocycles. The van der Waals surface area contributed by atoms with E-state index in [9.17, 15) is 0 Å². The van der Waals surface area contributed by atoms with Crippen LogP contribution in [0.25, 0.3) is 0 Å². The van der Waals surface area contributed by atoms with Crippen LogP contribution in [0, 0.1) is 0 Å². The van der Waals surface area contributed by atoms with E-state index in [1.807, 2.05) is 16.8 Å². The molecule has 2 nitrogen and oxygen atoms in total. The minimum atomic E-state index is 0.499. The Kier molecular flexibility index (Phi) is 0.818. The predicted octanol–water partition coefficient (Wildman–Crippen LogP) is 0.306. The summed E-state index contributed by atoms with van der Waals surface area (Å²) in [5, 5.41) is 2.04. The van der Waals surface area contributed by atoms with Crippen LogP contribution in [0.3, 0.4) is 0 Å². The number of hydrogen-bond donors (Lipinski definition) is 0. The highest BCUT2D eigenvalue weighted by atomic mass is 32.2. The van der Waals surface area contributed by atoms with Gasteiger partial charge in [0.15, 0.2) is 6.23 Å². The predicted molar refractivity (Wildman–Crippen MR) is 28.9 cm³/mol. The topological polar surface area (TPSA) is 15.5 Å². The second-order valence-corrected chi connectivity index (χ2v) is 2.93. The summed E-state index contributed by atoms with van der Waals surface area (Å²) < 4.78 is 0. The lowest BCUT2D eigenvalue weighted by atomic mass is 10.6. The van der Waals surface area contributed by atoms with Gasteiger partial charge < -0.3 is 0 Å². The van der Waals surface area contributed by atoms with Crippen molar-refractivity contribution in [3.05, 3.63) is 0 Å². The van der Waals surface area contributed by atoms with E-state index < -0.39 is 0 Å². The minimum Gasteiger partial charge on any atom is -0.274 e. The molecule has 2 atom stereocenters. The second-order valence-electron chi connectivity index (χ2n) is 1.78. The zero-order valence-corrected chi connectivity index (χ0v) is 4.78. The molecule has 0 amide bonds. The van der Waals surface area contributed by atoms with Crippen molar-refractivity contribution in [1.29, 1.82) is 0 Å². The smallest absolute Gasteiger partial charge is 0.163 e. The Balaban J connectivity index is 1.95. The van der Waals surface area contributed by atoms with Crippen LogP contribution in [0.1, 0.15) is 0 Å². The van der Waals surface area contributed by atoms with Gasteiger partial charge in [-0.2, -0.15) is 16.8 Å². The molecular weight excluding hydrogens is 110 g/mol. The lowest BCUT2D eigenvalue weighted by Gasteiger charge is -2.02. The van der Waals surface area contributed by atoms with Crippen LogP contribution < -0.4 is 0 Å². The van der Waals surface area contributed by atoms with Crippen LogP contribution in [0.5, 0.6) is 0 Å². The van der Waals surface area contributed by atoms with Gasteiger partial charge >= 0.3 is 0 Å². The molecule has 0 radical (unpaired) electrons. The van der Waals surface area contributed by atoms with Crippen LogP contribution in [0.15, 0.2) is 0 Å². The maximum atomic E-state index is 5.09. The van der Waals surface area contributed by atoms with Gasteiger partial charge in [-0.05, 0) is 0 Å². The van der Waals surface area contributed by atoms with E-state index in [1.54, 1.807) is 0 Å². The summed E-state index contributed by atoms with van der Waals surface area (Å²) in [4.78, 5) is 5.09. The van der Waals surface area contributed by atoms with E-state index in [0.717, 1.165) is 6.54 Å². The lowest BCUT2D eigenvalue weighted by Crippen LogP contribution is -2.13. The number of hydrogen-bond acceptors (Lipinski definition) is 3. The molecule has 2 unspecified atom stereocenters. The molecule has 2 heterocycles. The van der Waals surface area contributed by atoms with Gasteiger partial charge in [-0.15, -0.1) is 0 Å². The van der Waals surface area contributed by atoms with Crippen molar-refractivity contribution in [2.24, 2.45) is 0 Å². The average molecular weight is 117 g/mol. The third kappa shape index (κ3) is 0.649. The number of thioether (sulfide) groups is 1.